The monoisotopic (exact) mass is 273 g/mol. The van der Waals surface area contributed by atoms with E-state index in [4.69, 9.17) is 11.6 Å². The molecule has 0 atom stereocenters. The van der Waals surface area contributed by atoms with E-state index in [9.17, 15) is 0 Å². The second kappa shape index (κ2) is 4.11. The summed E-state index contributed by atoms with van der Waals surface area (Å²) < 4.78 is 1.11. The second-order valence-electron chi connectivity index (χ2n) is 3.75. The Morgan fingerprint density at radius 3 is 2.71 bits per heavy atom. The molecule has 0 unspecified atom stereocenters. The molecule has 76 valence electrons. The van der Waals surface area contributed by atoms with Gasteiger partial charge in [-0.1, -0.05) is 22.0 Å². The lowest BCUT2D eigenvalue weighted by Crippen LogP contribution is -2.19. The quantitative estimate of drug-likeness (QED) is 0.758. The normalized spacial score (nSPS) is 15.6. The van der Waals surface area contributed by atoms with Gasteiger partial charge in [-0.15, -0.1) is 11.6 Å². The molecule has 0 spiro atoms. The van der Waals surface area contributed by atoms with Crippen molar-refractivity contribution in [2.45, 2.75) is 24.8 Å². The number of hydrogen-bond acceptors (Lipinski definition) is 1. The Balaban J connectivity index is 2.22. The standard InChI is InChI=1S/C11H13BrClN/c1-14(9-4-5-9)10-3-2-8(7-13)11(12)6-10/h2-3,6,9H,4-5,7H2,1H3. The van der Waals surface area contributed by atoms with Crippen molar-refractivity contribution in [1.29, 1.82) is 0 Å². The van der Waals surface area contributed by atoms with E-state index in [0.29, 0.717) is 5.88 Å². The Labute approximate surface area is 98.2 Å². The van der Waals surface area contributed by atoms with E-state index < -0.39 is 0 Å². The molecule has 0 bridgehead atoms. The predicted molar refractivity (Wildman–Crippen MR) is 65.1 cm³/mol. The summed E-state index contributed by atoms with van der Waals surface area (Å²) in [4.78, 5) is 2.34. The van der Waals surface area contributed by atoms with Gasteiger partial charge in [0.2, 0.25) is 0 Å². The molecule has 0 aliphatic heterocycles. The Kier molecular flexibility index (Phi) is 3.03. The number of hydrogen-bond donors (Lipinski definition) is 0. The van der Waals surface area contributed by atoms with Crippen molar-refractivity contribution in [2.75, 3.05) is 11.9 Å². The number of nitrogens with zero attached hydrogens (tertiary/aromatic N) is 1. The molecule has 0 aromatic heterocycles. The van der Waals surface area contributed by atoms with Crippen molar-refractivity contribution < 1.29 is 0 Å². The van der Waals surface area contributed by atoms with Gasteiger partial charge in [-0.25, -0.2) is 0 Å². The average molecular weight is 275 g/mol. The highest BCUT2D eigenvalue weighted by Crippen LogP contribution is 2.32. The van der Waals surface area contributed by atoms with Crippen LogP contribution in [-0.2, 0) is 5.88 Å². The van der Waals surface area contributed by atoms with Crippen molar-refractivity contribution in [2.24, 2.45) is 0 Å². The highest BCUT2D eigenvalue weighted by Gasteiger charge is 2.26. The zero-order chi connectivity index (χ0) is 10.1. The third kappa shape index (κ3) is 2.06. The molecule has 3 heteroatoms. The fraction of sp³-hybridized carbons (Fsp3) is 0.455. The lowest BCUT2D eigenvalue weighted by Gasteiger charge is -2.19. The summed E-state index contributed by atoms with van der Waals surface area (Å²) in [6.45, 7) is 0. The van der Waals surface area contributed by atoms with Crippen molar-refractivity contribution in [3.05, 3.63) is 28.2 Å². The van der Waals surface area contributed by atoms with Gasteiger partial charge in [0.25, 0.3) is 0 Å². The largest absolute Gasteiger partial charge is 0.372 e. The molecule has 1 aliphatic carbocycles. The van der Waals surface area contributed by atoms with E-state index in [1.54, 1.807) is 0 Å². The van der Waals surface area contributed by atoms with Crippen LogP contribution >= 0.6 is 27.5 Å². The van der Waals surface area contributed by atoms with Crippen LogP contribution in [0.5, 0.6) is 0 Å². The SMILES string of the molecule is CN(c1ccc(CCl)c(Br)c1)C1CC1. The van der Waals surface area contributed by atoms with Gasteiger partial charge in [-0.3, -0.25) is 0 Å². The third-order valence-electron chi connectivity index (χ3n) is 2.68. The van der Waals surface area contributed by atoms with Crippen LogP contribution in [0.4, 0.5) is 5.69 Å². The topological polar surface area (TPSA) is 3.24 Å². The maximum absolute atomic E-state index is 5.80. The molecule has 2 rings (SSSR count). The number of alkyl halides is 1. The molecule has 1 aromatic carbocycles. The summed E-state index contributed by atoms with van der Waals surface area (Å²) in [5.74, 6) is 0.563. The average Bonchev–Trinajstić information content (AvgIpc) is 3.00. The number of benzene rings is 1. The van der Waals surface area contributed by atoms with E-state index in [2.05, 4.69) is 46.1 Å². The van der Waals surface area contributed by atoms with E-state index >= 15 is 0 Å². The van der Waals surface area contributed by atoms with Crippen molar-refractivity contribution in [3.8, 4) is 0 Å². The van der Waals surface area contributed by atoms with Crippen LogP contribution in [0, 0.1) is 0 Å². The van der Waals surface area contributed by atoms with E-state index in [1.807, 2.05) is 0 Å². The van der Waals surface area contributed by atoms with Crippen LogP contribution in [0.15, 0.2) is 22.7 Å². The van der Waals surface area contributed by atoms with E-state index in [1.165, 1.54) is 18.5 Å². The van der Waals surface area contributed by atoms with Gasteiger partial charge in [0.15, 0.2) is 0 Å². The molecular formula is C11H13BrClN. The highest BCUT2D eigenvalue weighted by molar-refractivity contribution is 9.10. The Hall–Kier alpha value is -0.210. The van der Waals surface area contributed by atoms with Gasteiger partial charge in [-0.2, -0.15) is 0 Å². The highest BCUT2D eigenvalue weighted by atomic mass is 79.9. The number of rotatable bonds is 3. The summed E-state index contributed by atoms with van der Waals surface area (Å²) >= 11 is 9.33. The molecule has 1 aromatic rings. The first kappa shape index (κ1) is 10.3. The van der Waals surface area contributed by atoms with Crippen molar-refractivity contribution in [3.63, 3.8) is 0 Å². The molecule has 1 nitrogen and oxygen atoms in total. The van der Waals surface area contributed by atoms with Crippen LogP contribution in [-0.4, -0.2) is 13.1 Å². The first-order chi connectivity index (χ1) is 6.72. The third-order valence-corrected chi connectivity index (χ3v) is 3.71. The fourth-order valence-corrected chi connectivity index (χ4v) is 2.44. The van der Waals surface area contributed by atoms with Gasteiger partial charge in [-0.05, 0) is 30.5 Å². The Morgan fingerprint density at radius 2 is 2.21 bits per heavy atom. The lowest BCUT2D eigenvalue weighted by molar-refractivity contribution is 0.916. The minimum absolute atomic E-state index is 0.563. The summed E-state index contributed by atoms with van der Waals surface area (Å²) in [6.07, 6.45) is 2.65. The Morgan fingerprint density at radius 1 is 1.50 bits per heavy atom. The number of halogens is 2. The molecule has 14 heavy (non-hydrogen) atoms. The first-order valence-corrected chi connectivity index (χ1v) is 6.12. The minimum atomic E-state index is 0.563. The zero-order valence-electron chi connectivity index (χ0n) is 8.13. The molecule has 0 amide bonds. The van der Waals surface area contributed by atoms with Crippen molar-refractivity contribution >= 4 is 33.2 Å². The first-order valence-electron chi connectivity index (χ1n) is 4.79. The van der Waals surface area contributed by atoms with Gasteiger partial charge >= 0.3 is 0 Å². The molecule has 1 aliphatic rings. The van der Waals surface area contributed by atoms with Crippen LogP contribution < -0.4 is 4.90 Å². The van der Waals surface area contributed by atoms with E-state index in [-0.39, 0.29) is 0 Å². The number of anilines is 1. The van der Waals surface area contributed by atoms with E-state index in [0.717, 1.165) is 16.1 Å². The maximum atomic E-state index is 5.80. The van der Waals surface area contributed by atoms with Gasteiger partial charge < -0.3 is 4.90 Å². The molecule has 0 heterocycles. The molecule has 0 radical (unpaired) electrons. The molecule has 1 saturated carbocycles. The minimum Gasteiger partial charge on any atom is -0.372 e. The van der Waals surface area contributed by atoms with Gasteiger partial charge in [0, 0.05) is 29.1 Å². The van der Waals surface area contributed by atoms with Gasteiger partial charge in [0.05, 0.1) is 0 Å². The second-order valence-corrected chi connectivity index (χ2v) is 4.87. The van der Waals surface area contributed by atoms with Crippen LogP contribution in [0.2, 0.25) is 0 Å². The summed E-state index contributed by atoms with van der Waals surface area (Å²) in [7, 11) is 2.15. The van der Waals surface area contributed by atoms with Crippen LogP contribution in [0.3, 0.4) is 0 Å². The van der Waals surface area contributed by atoms with Crippen molar-refractivity contribution in [1.82, 2.24) is 0 Å². The van der Waals surface area contributed by atoms with Crippen LogP contribution in [0.25, 0.3) is 0 Å². The van der Waals surface area contributed by atoms with Crippen LogP contribution in [0.1, 0.15) is 18.4 Å². The smallest absolute Gasteiger partial charge is 0.0485 e. The summed E-state index contributed by atoms with van der Waals surface area (Å²) in [6, 6.07) is 7.13. The maximum Gasteiger partial charge on any atom is 0.0485 e. The Bertz CT molecular complexity index is 336. The molecule has 0 saturated heterocycles. The fourth-order valence-electron chi connectivity index (χ4n) is 1.54. The summed E-state index contributed by atoms with van der Waals surface area (Å²) in [5, 5.41) is 0. The van der Waals surface area contributed by atoms with Gasteiger partial charge in [0.1, 0.15) is 0 Å². The lowest BCUT2D eigenvalue weighted by atomic mass is 10.2. The molecule has 1 fully saturated rings. The summed E-state index contributed by atoms with van der Waals surface area (Å²) in [5.41, 5.74) is 2.42. The molecule has 0 N–H and O–H groups in total. The predicted octanol–water partition coefficient (Wildman–Crippen LogP) is 3.79. The molecular weight excluding hydrogens is 261 g/mol. The zero-order valence-corrected chi connectivity index (χ0v) is 10.5.